The minimum Gasteiger partial charge on any atom is -0.497 e. The van der Waals surface area contributed by atoms with Crippen LogP contribution in [-0.4, -0.2) is 22.6 Å². The lowest BCUT2D eigenvalue weighted by Gasteiger charge is -2.07. The van der Waals surface area contributed by atoms with Crippen molar-refractivity contribution in [1.29, 1.82) is 0 Å². The van der Waals surface area contributed by atoms with E-state index in [1.165, 1.54) is 4.57 Å². The molecule has 1 amide bonds. The lowest BCUT2D eigenvalue weighted by molar-refractivity contribution is 0.0948. The number of pyridine rings is 1. The van der Waals surface area contributed by atoms with Gasteiger partial charge >= 0.3 is 0 Å². The van der Waals surface area contributed by atoms with Gasteiger partial charge in [0, 0.05) is 29.3 Å². The number of aryl methyl sites for hydroxylation is 1. The monoisotopic (exact) mass is 325 g/mol. The molecule has 0 fully saturated rings. The number of rotatable bonds is 4. The maximum Gasteiger partial charge on any atom is 0.263 e. The summed E-state index contributed by atoms with van der Waals surface area (Å²) in [7, 11) is 3.27. The first-order valence-corrected chi connectivity index (χ1v) is 7.60. The predicted octanol–water partition coefficient (Wildman–Crippen LogP) is 2.11. The van der Waals surface area contributed by atoms with Crippen LogP contribution in [0.1, 0.15) is 21.7 Å². The number of fused-ring (bicyclic) bond motifs is 1. The zero-order chi connectivity index (χ0) is 17.3. The van der Waals surface area contributed by atoms with E-state index in [0.29, 0.717) is 6.54 Å². The Hall–Kier alpha value is -3.02. The molecular formula is C18H19N3O3. The zero-order valence-electron chi connectivity index (χ0n) is 13.8. The first kappa shape index (κ1) is 15.9. The average molecular weight is 325 g/mol. The van der Waals surface area contributed by atoms with Crippen LogP contribution in [-0.2, 0) is 13.6 Å². The van der Waals surface area contributed by atoms with Crippen molar-refractivity contribution in [3.8, 4) is 5.75 Å². The Balaban J connectivity index is 1.77. The molecule has 124 valence electrons. The van der Waals surface area contributed by atoms with Gasteiger partial charge in [-0.05, 0) is 43.3 Å². The predicted molar refractivity (Wildman–Crippen MR) is 92.4 cm³/mol. The molecule has 0 aliphatic carbocycles. The maximum atomic E-state index is 12.3. The van der Waals surface area contributed by atoms with Crippen LogP contribution in [0.5, 0.6) is 5.75 Å². The van der Waals surface area contributed by atoms with E-state index in [1.807, 2.05) is 31.2 Å². The van der Waals surface area contributed by atoms with Crippen molar-refractivity contribution in [2.24, 2.45) is 7.05 Å². The molecule has 0 bridgehead atoms. The van der Waals surface area contributed by atoms with Crippen LogP contribution in [0.2, 0.25) is 0 Å². The van der Waals surface area contributed by atoms with Crippen molar-refractivity contribution in [3.05, 3.63) is 63.7 Å². The minimum absolute atomic E-state index is 0.140. The van der Waals surface area contributed by atoms with E-state index in [4.69, 9.17) is 4.74 Å². The van der Waals surface area contributed by atoms with Crippen LogP contribution in [0.15, 0.2) is 41.2 Å². The van der Waals surface area contributed by atoms with E-state index in [-0.39, 0.29) is 17.0 Å². The molecule has 0 aliphatic heterocycles. The molecule has 24 heavy (non-hydrogen) atoms. The number of aromatic amines is 1. The Kier molecular flexibility index (Phi) is 4.12. The Morgan fingerprint density at radius 1 is 1.25 bits per heavy atom. The van der Waals surface area contributed by atoms with Gasteiger partial charge in [-0.2, -0.15) is 0 Å². The van der Waals surface area contributed by atoms with Gasteiger partial charge in [0.25, 0.3) is 11.5 Å². The van der Waals surface area contributed by atoms with Crippen molar-refractivity contribution in [2.75, 3.05) is 7.11 Å². The van der Waals surface area contributed by atoms with Gasteiger partial charge in [-0.25, -0.2) is 0 Å². The molecule has 3 rings (SSSR count). The number of carbonyl (C=O) groups is 1. The normalized spacial score (nSPS) is 10.8. The zero-order valence-corrected chi connectivity index (χ0v) is 13.8. The van der Waals surface area contributed by atoms with Gasteiger partial charge < -0.3 is 19.6 Å². The van der Waals surface area contributed by atoms with Gasteiger partial charge in [0.2, 0.25) is 0 Å². The van der Waals surface area contributed by atoms with Crippen molar-refractivity contribution >= 4 is 16.8 Å². The third-order valence-electron chi connectivity index (χ3n) is 4.12. The van der Waals surface area contributed by atoms with Gasteiger partial charge in [0.1, 0.15) is 11.3 Å². The number of amides is 1. The van der Waals surface area contributed by atoms with Crippen LogP contribution in [0.25, 0.3) is 10.9 Å². The fourth-order valence-corrected chi connectivity index (χ4v) is 2.56. The van der Waals surface area contributed by atoms with E-state index in [9.17, 15) is 9.59 Å². The topological polar surface area (TPSA) is 76.1 Å². The van der Waals surface area contributed by atoms with Crippen molar-refractivity contribution in [2.45, 2.75) is 13.5 Å². The summed E-state index contributed by atoms with van der Waals surface area (Å²) in [6, 6.07) is 11.0. The van der Waals surface area contributed by atoms with Crippen LogP contribution >= 0.6 is 0 Å². The number of benzene rings is 1. The summed E-state index contributed by atoms with van der Waals surface area (Å²) in [5.41, 5.74) is 2.47. The third-order valence-corrected chi connectivity index (χ3v) is 4.12. The molecule has 6 nitrogen and oxygen atoms in total. The average Bonchev–Trinajstić information content (AvgIpc) is 2.99. The summed E-state index contributed by atoms with van der Waals surface area (Å²) in [6.07, 6.45) is 0. The highest BCUT2D eigenvalue weighted by molar-refractivity contribution is 5.93. The summed E-state index contributed by atoms with van der Waals surface area (Å²) in [4.78, 5) is 27.6. The largest absolute Gasteiger partial charge is 0.497 e. The Morgan fingerprint density at radius 2 is 2.04 bits per heavy atom. The van der Waals surface area contributed by atoms with E-state index >= 15 is 0 Å². The number of nitrogens with zero attached hydrogens (tertiary/aromatic N) is 1. The molecule has 0 saturated carbocycles. The van der Waals surface area contributed by atoms with Crippen molar-refractivity contribution in [1.82, 2.24) is 14.9 Å². The molecule has 2 aromatic heterocycles. The van der Waals surface area contributed by atoms with E-state index in [0.717, 1.165) is 28.0 Å². The number of hydrogen-bond donors (Lipinski definition) is 2. The van der Waals surface area contributed by atoms with Crippen LogP contribution in [0.4, 0.5) is 0 Å². The second-order valence-corrected chi connectivity index (χ2v) is 5.68. The molecular weight excluding hydrogens is 306 g/mol. The smallest absolute Gasteiger partial charge is 0.263 e. The number of nitrogens with one attached hydrogen (secondary N) is 2. The van der Waals surface area contributed by atoms with Gasteiger partial charge in [0.15, 0.2) is 0 Å². The second kappa shape index (κ2) is 6.23. The highest BCUT2D eigenvalue weighted by Gasteiger charge is 2.12. The Morgan fingerprint density at radius 3 is 2.79 bits per heavy atom. The van der Waals surface area contributed by atoms with Gasteiger partial charge in [-0.1, -0.05) is 0 Å². The molecule has 0 atom stereocenters. The van der Waals surface area contributed by atoms with Gasteiger partial charge in [0.05, 0.1) is 13.7 Å². The standard InChI is InChI=1S/C18H19N3O3/c1-11-4-6-15(18(23)21(11)2)17(22)19-10-13-8-12-9-14(24-3)5-7-16(12)20-13/h4-9,20H,10H2,1-3H3,(H,19,22). The second-order valence-electron chi connectivity index (χ2n) is 5.68. The summed E-state index contributed by atoms with van der Waals surface area (Å²) >= 11 is 0. The SMILES string of the molecule is COc1ccc2[nH]c(CNC(=O)c3ccc(C)n(C)c3=O)cc2c1. The highest BCUT2D eigenvalue weighted by Crippen LogP contribution is 2.21. The summed E-state index contributed by atoms with van der Waals surface area (Å²) < 4.78 is 6.66. The number of methoxy groups -OCH3 is 1. The number of aromatic nitrogens is 2. The van der Waals surface area contributed by atoms with Crippen LogP contribution in [0, 0.1) is 6.92 Å². The molecule has 6 heteroatoms. The lowest BCUT2D eigenvalue weighted by Crippen LogP contribution is -2.32. The fraction of sp³-hybridized carbons (Fsp3) is 0.222. The first-order chi connectivity index (χ1) is 11.5. The van der Waals surface area contributed by atoms with Crippen molar-refractivity contribution in [3.63, 3.8) is 0 Å². The molecule has 1 aromatic carbocycles. The molecule has 0 saturated heterocycles. The van der Waals surface area contributed by atoms with Crippen LogP contribution < -0.4 is 15.6 Å². The quantitative estimate of drug-likeness (QED) is 0.771. The number of carbonyl (C=O) groups excluding carboxylic acids is 1. The molecule has 2 heterocycles. The van der Waals surface area contributed by atoms with E-state index in [2.05, 4.69) is 10.3 Å². The van der Waals surface area contributed by atoms with E-state index in [1.54, 1.807) is 26.3 Å². The lowest BCUT2D eigenvalue weighted by atomic mass is 10.2. The number of hydrogen-bond acceptors (Lipinski definition) is 3. The molecule has 0 unspecified atom stereocenters. The molecule has 3 aromatic rings. The fourth-order valence-electron chi connectivity index (χ4n) is 2.56. The van der Waals surface area contributed by atoms with Crippen LogP contribution in [0.3, 0.4) is 0 Å². The van der Waals surface area contributed by atoms with Gasteiger partial charge in [-0.3, -0.25) is 9.59 Å². The Bertz CT molecular complexity index is 969. The third kappa shape index (κ3) is 2.90. The van der Waals surface area contributed by atoms with E-state index < -0.39 is 0 Å². The maximum absolute atomic E-state index is 12.3. The summed E-state index contributed by atoms with van der Waals surface area (Å²) in [5.74, 6) is 0.395. The van der Waals surface area contributed by atoms with Gasteiger partial charge in [-0.15, -0.1) is 0 Å². The molecule has 0 spiro atoms. The number of ether oxygens (including phenoxy) is 1. The highest BCUT2D eigenvalue weighted by atomic mass is 16.5. The molecule has 2 N–H and O–H groups in total. The summed E-state index contributed by atoms with van der Waals surface area (Å²) in [6.45, 7) is 2.13. The minimum atomic E-state index is -0.383. The first-order valence-electron chi connectivity index (χ1n) is 7.60. The molecule has 0 aliphatic rings. The Labute approximate surface area is 139 Å². The summed E-state index contributed by atoms with van der Waals surface area (Å²) in [5, 5.41) is 3.78. The number of H-pyrrole nitrogens is 1. The van der Waals surface area contributed by atoms with Crippen molar-refractivity contribution < 1.29 is 9.53 Å². The molecule has 0 radical (unpaired) electrons.